The van der Waals surface area contributed by atoms with Crippen molar-refractivity contribution >= 4 is 5.97 Å². The van der Waals surface area contributed by atoms with Crippen molar-refractivity contribution in [1.82, 2.24) is 0 Å². The molecule has 110 valence electrons. The predicted octanol–water partition coefficient (Wildman–Crippen LogP) is 3.10. The van der Waals surface area contributed by atoms with Crippen molar-refractivity contribution in [3.8, 4) is 0 Å². The first-order valence-corrected chi connectivity index (χ1v) is 7.70. The molecule has 0 spiro atoms. The molecule has 0 unspecified atom stereocenters. The normalized spacial score (nSPS) is 16.8. The molecule has 1 aromatic carbocycles. The van der Waals surface area contributed by atoms with Gasteiger partial charge in [0.05, 0.1) is 25.0 Å². The highest BCUT2D eigenvalue weighted by atomic mass is 16.5. The summed E-state index contributed by atoms with van der Waals surface area (Å²) in [5, 5.41) is 0. The Morgan fingerprint density at radius 2 is 1.65 bits per heavy atom. The fourth-order valence-electron chi connectivity index (χ4n) is 2.77. The van der Waals surface area contributed by atoms with Gasteiger partial charge in [0.25, 0.3) is 0 Å². The van der Waals surface area contributed by atoms with Gasteiger partial charge in [0, 0.05) is 0 Å². The molecule has 3 heteroatoms. The third-order valence-corrected chi connectivity index (χ3v) is 4.95. The SMILES string of the molecule is CC[N+](CC)(CC)COC(=O)C1(c2ccccc2)CC1. The van der Waals surface area contributed by atoms with E-state index in [4.69, 9.17) is 4.74 Å². The molecule has 0 amide bonds. The Balaban J connectivity index is 2.03. The summed E-state index contributed by atoms with van der Waals surface area (Å²) in [7, 11) is 0. The lowest BCUT2D eigenvalue weighted by atomic mass is 9.96. The molecule has 0 N–H and O–H groups in total. The third kappa shape index (κ3) is 2.73. The average molecular weight is 276 g/mol. The van der Waals surface area contributed by atoms with E-state index in [2.05, 4.69) is 20.8 Å². The van der Waals surface area contributed by atoms with Crippen LogP contribution in [0.4, 0.5) is 0 Å². The number of nitrogens with zero attached hydrogens (tertiary/aromatic N) is 1. The second-order valence-corrected chi connectivity index (χ2v) is 5.80. The van der Waals surface area contributed by atoms with E-state index in [0.29, 0.717) is 6.73 Å². The summed E-state index contributed by atoms with van der Waals surface area (Å²) in [4.78, 5) is 12.5. The lowest BCUT2D eigenvalue weighted by molar-refractivity contribution is -0.938. The van der Waals surface area contributed by atoms with Crippen LogP contribution in [0, 0.1) is 0 Å². The van der Waals surface area contributed by atoms with E-state index in [1.807, 2.05) is 30.3 Å². The molecule has 3 nitrogen and oxygen atoms in total. The zero-order chi connectivity index (χ0) is 14.6. The van der Waals surface area contributed by atoms with Crippen LogP contribution in [0.1, 0.15) is 39.2 Å². The maximum atomic E-state index is 12.5. The average Bonchev–Trinajstić information content (AvgIpc) is 3.32. The molecule has 0 radical (unpaired) electrons. The quantitative estimate of drug-likeness (QED) is 0.434. The first-order chi connectivity index (χ1) is 9.62. The van der Waals surface area contributed by atoms with E-state index in [1.54, 1.807) is 0 Å². The zero-order valence-electron chi connectivity index (χ0n) is 12.9. The number of carbonyl (C=O) groups is 1. The first kappa shape index (κ1) is 15.0. The van der Waals surface area contributed by atoms with Crippen molar-refractivity contribution in [3.05, 3.63) is 35.9 Å². The first-order valence-electron chi connectivity index (χ1n) is 7.70. The van der Waals surface area contributed by atoms with Crippen LogP contribution >= 0.6 is 0 Å². The summed E-state index contributed by atoms with van der Waals surface area (Å²) >= 11 is 0. The highest BCUT2D eigenvalue weighted by molar-refractivity contribution is 5.86. The van der Waals surface area contributed by atoms with Crippen LogP contribution in [-0.4, -0.2) is 36.8 Å². The van der Waals surface area contributed by atoms with Crippen molar-refractivity contribution in [2.75, 3.05) is 26.4 Å². The van der Waals surface area contributed by atoms with Gasteiger partial charge in [-0.2, -0.15) is 0 Å². The van der Waals surface area contributed by atoms with Crippen LogP contribution in [0.5, 0.6) is 0 Å². The van der Waals surface area contributed by atoms with Crippen LogP contribution in [-0.2, 0) is 14.9 Å². The Labute approximate surface area is 122 Å². The van der Waals surface area contributed by atoms with E-state index < -0.39 is 0 Å². The number of rotatable bonds is 7. The lowest BCUT2D eigenvalue weighted by Crippen LogP contribution is -2.50. The van der Waals surface area contributed by atoms with E-state index in [1.165, 1.54) is 0 Å². The standard InChI is InChI=1S/C17H26NO2/c1-4-18(5-2,6-3)14-20-16(19)17(12-13-17)15-10-8-7-9-11-15/h7-11H,4-6,12-14H2,1-3H3/q+1. The van der Waals surface area contributed by atoms with Crippen molar-refractivity contribution in [1.29, 1.82) is 0 Å². The Morgan fingerprint density at radius 1 is 1.10 bits per heavy atom. The Hall–Kier alpha value is -1.35. The monoisotopic (exact) mass is 276 g/mol. The van der Waals surface area contributed by atoms with Crippen LogP contribution in [0.25, 0.3) is 0 Å². The molecule has 1 aliphatic rings. The second-order valence-electron chi connectivity index (χ2n) is 5.80. The summed E-state index contributed by atoms with van der Waals surface area (Å²) in [6.07, 6.45) is 1.83. The molecule has 0 aliphatic heterocycles. The van der Waals surface area contributed by atoms with E-state index >= 15 is 0 Å². The highest BCUT2D eigenvalue weighted by Crippen LogP contribution is 2.49. The van der Waals surface area contributed by atoms with Crippen LogP contribution in [0.15, 0.2) is 30.3 Å². The van der Waals surface area contributed by atoms with Gasteiger partial charge >= 0.3 is 5.97 Å². The van der Waals surface area contributed by atoms with Crippen molar-refractivity contribution in [2.24, 2.45) is 0 Å². The van der Waals surface area contributed by atoms with Crippen molar-refractivity contribution in [3.63, 3.8) is 0 Å². The largest absolute Gasteiger partial charge is 0.414 e. The van der Waals surface area contributed by atoms with Gasteiger partial charge in [0.1, 0.15) is 0 Å². The zero-order valence-corrected chi connectivity index (χ0v) is 12.9. The topological polar surface area (TPSA) is 26.3 Å². The third-order valence-electron chi connectivity index (χ3n) is 4.95. The van der Waals surface area contributed by atoms with E-state index in [-0.39, 0.29) is 11.4 Å². The Morgan fingerprint density at radius 3 is 2.10 bits per heavy atom. The molecule has 1 saturated carbocycles. The maximum absolute atomic E-state index is 12.5. The number of ether oxygens (including phenoxy) is 1. The minimum atomic E-state index is -0.355. The molecule has 0 heterocycles. The van der Waals surface area contributed by atoms with Crippen molar-refractivity contribution in [2.45, 2.75) is 39.0 Å². The maximum Gasteiger partial charge on any atom is 0.320 e. The number of hydrogen-bond donors (Lipinski definition) is 0. The van der Waals surface area contributed by atoms with Crippen LogP contribution < -0.4 is 0 Å². The summed E-state index contributed by atoms with van der Waals surface area (Å²) in [6.45, 7) is 9.97. The van der Waals surface area contributed by atoms with Gasteiger partial charge in [-0.15, -0.1) is 0 Å². The molecule has 0 aromatic heterocycles. The van der Waals surface area contributed by atoms with E-state index in [9.17, 15) is 4.79 Å². The minimum absolute atomic E-state index is 0.0402. The van der Waals surface area contributed by atoms with Gasteiger partial charge < -0.3 is 4.74 Å². The predicted molar refractivity (Wildman–Crippen MR) is 80.2 cm³/mol. The van der Waals surface area contributed by atoms with Crippen LogP contribution in [0.3, 0.4) is 0 Å². The van der Waals surface area contributed by atoms with Gasteiger partial charge in [-0.05, 0) is 39.2 Å². The number of carbonyl (C=O) groups excluding carboxylic acids is 1. The second kappa shape index (κ2) is 5.96. The molecule has 1 aliphatic carbocycles. The number of esters is 1. The summed E-state index contributed by atoms with van der Waals surface area (Å²) in [5.41, 5.74) is 0.749. The van der Waals surface area contributed by atoms with Gasteiger partial charge in [0.15, 0.2) is 0 Å². The molecular formula is C17H26NO2+. The highest BCUT2D eigenvalue weighted by Gasteiger charge is 2.53. The smallest absolute Gasteiger partial charge is 0.320 e. The molecule has 2 rings (SSSR count). The summed E-state index contributed by atoms with van der Waals surface area (Å²) in [5.74, 6) is -0.0402. The number of quaternary nitrogens is 1. The molecule has 20 heavy (non-hydrogen) atoms. The van der Waals surface area contributed by atoms with Gasteiger partial charge in [-0.3, -0.25) is 9.28 Å². The van der Waals surface area contributed by atoms with Gasteiger partial charge in [0.2, 0.25) is 6.73 Å². The molecule has 0 bridgehead atoms. The molecular weight excluding hydrogens is 250 g/mol. The number of hydrogen-bond acceptors (Lipinski definition) is 2. The molecule has 0 saturated heterocycles. The summed E-state index contributed by atoms with van der Waals surface area (Å²) in [6, 6.07) is 10.0. The fourth-order valence-corrected chi connectivity index (χ4v) is 2.77. The Bertz CT molecular complexity index is 439. The van der Waals surface area contributed by atoms with E-state index in [0.717, 1.165) is 42.5 Å². The minimum Gasteiger partial charge on any atom is -0.414 e. The molecule has 0 atom stereocenters. The molecule has 1 fully saturated rings. The van der Waals surface area contributed by atoms with Crippen molar-refractivity contribution < 1.29 is 14.0 Å². The van der Waals surface area contributed by atoms with Gasteiger partial charge in [-0.25, -0.2) is 0 Å². The van der Waals surface area contributed by atoms with Crippen LogP contribution in [0.2, 0.25) is 0 Å². The Kier molecular flexibility index (Phi) is 4.48. The lowest BCUT2D eigenvalue weighted by Gasteiger charge is -2.35. The number of benzene rings is 1. The molecule has 1 aromatic rings. The fraction of sp³-hybridized carbons (Fsp3) is 0.588. The van der Waals surface area contributed by atoms with Gasteiger partial charge in [-0.1, -0.05) is 30.3 Å². The summed E-state index contributed by atoms with van der Waals surface area (Å²) < 4.78 is 6.54.